The molecule has 0 saturated heterocycles. The molecule has 0 aliphatic heterocycles. The zero-order valence-electron chi connectivity index (χ0n) is 7.75. The van der Waals surface area contributed by atoms with E-state index in [-0.39, 0.29) is 0 Å². The van der Waals surface area contributed by atoms with Gasteiger partial charge in [0.25, 0.3) is 0 Å². The van der Waals surface area contributed by atoms with Crippen LogP contribution in [-0.2, 0) is 0 Å². The maximum Gasteiger partial charge on any atom is 0.443 e. The summed E-state index contributed by atoms with van der Waals surface area (Å²) in [4.78, 5) is 0.380. The van der Waals surface area contributed by atoms with Crippen LogP contribution in [-0.4, -0.2) is 16.4 Å². The SMILES string of the molecule is Cc1ccc(SC(=NO)C(F)(F)F)cc1. The maximum atomic E-state index is 12.2. The molecule has 0 heterocycles. The van der Waals surface area contributed by atoms with E-state index in [1.807, 2.05) is 6.92 Å². The van der Waals surface area contributed by atoms with Gasteiger partial charge in [0.1, 0.15) is 0 Å². The van der Waals surface area contributed by atoms with Crippen molar-refractivity contribution in [3.8, 4) is 0 Å². The summed E-state index contributed by atoms with van der Waals surface area (Å²) in [7, 11) is 0. The quantitative estimate of drug-likeness (QED) is 0.266. The highest BCUT2D eigenvalue weighted by Gasteiger charge is 2.37. The molecule has 0 spiro atoms. The Kier molecular flexibility index (Phi) is 3.62. The normalized spacial score (nSPS) is 12.9. The van der Waals surface area contributed by atoms with Crippen molar-refractivity contribution in [2.24, 2.45) is 5.16 Å². The van der Waals surface area contributed by atoms with E-state index in [4.69, 9.17) is 5.21 Å². The third-order valence-corrected chi connectivity index (χ3v) is 2.58. The van der Waals surface area contributed by atoms with Crippen LogP contribution in [0.15, 0.2) is 34.3 Å². The minimum absolute atomic E-state index is 0.379. The number of hydrogen-bond acceptors (Lipinski definition) is 3. The summed E-state index contributed by atoms with van der Waals surface area (Å²) in [6, 6.07) is 6.45. The molecule has 1 N–H and O–H groups in total. The van der Waals surface area contributed by atoms with Gasteiger partial charge < -0.3 is 5.21 Å². The van der Waals surface area contributed by atoms with E-state index in [1.165, 1.54) is 12.1 Å². The Morgan fingerprint density at radius 1 is 1.27 bits per heavy atom. The number of alkyl halides is 3. The fourth-order valence-corrected chi connectivity index (χ4v) is 1.50. The lowest BCUT2D eigenvalue weighted by Crippen LogP contribution is -2.19. The van der Waals surface area contributed by atoms with E-state index in [0.29, 0.717) is 16.7 Å². The monoisotopic (exact) mass is 235 g/mol. The molecule has 0 saturated carbocycles. The van der Waals surface area contributed by atoms with Crippen LogP contribution < -0.4 is 0 Å². The van der Waals surface area contributed by atoms with Crippen LogP contribution in [0.25, 0.3) is 0 Å². The average molecular weight is 235 g/mol. The second-order valence-electron chi connectivity index (χ2n) is 2.82. The molecular formula is C9H8F3NOS. The zero-order chi connectivity index (χ0) is 11.5. The number of benzene rings is 1. The van der Waals surface area contributed by atoms with Crippen molar-refractivity contribution in [1.29, 1.82) is 0 Å². The highest BCUT2D eigenvalue weighted by atomic mass is 32.2. The third-order valence-electron chi connectivity index (χ3n) is 1.57. The molecule has 2 nitrogen and oxygen atoms in total. The topological polar surface area (TPSA) is 32.6 Å². The van der Waals surface area contributed by atoms with Crippen LogP contribution in [0.1, 0.15) is 5.56 Å². The molecule has 1 aromatic rings. The summed E-state index contributed by atoms with van der Waals surface area (Å²) in [5.74, 6) is 0. The number of thioether (sulfide) groups is 1. The van der Waals surface area contributed by atoms with Gasteiger partial charge in [-0.3, -0.25) is 0 Å². The lowest BCUT2D eigenvalue weighted by Gasteiger charge is -2.07. The molecule has 0 unspecified atom stereocenters. The largest absolute Gasteiger partial charge is 0.443 e. The van der Waals surface area contributed by atoms with Crippen molar-refractivity contribution in [1.82, 2.24) is 0 Å². The van der Waals surface area contributed by atoms with E-state index in [2.05, 4.69) is 5.16 Å². The lowest BCUT2D eigenvalue weighted by molar-refractivity contribution is -0.0573. The van der Waals surface area contributed by atoms with Gasteiger partial charge in [0, 0.05) is 4.90 Å². The molecule has 0 fully saturated rings. The van der Waals surface area contributed by atoms with Crippen molar-refractivity contribution in [3.63, 3.8) is 0 Å². The number of aryl methyl sites for hydroxylation is 1. The standard InChI is InChI=1S/C9H8F3NOS/c1-6-2-4-7(5-3-6)15-8(13-14)9(10,11)12/h2-5,14H,1H3. The van der Waals surface area contributed by atoms with Gasteiger partial charge in [-0.1, -0.05) is 34.6 Å². The number of hydrogen-bond donors (Lipinski definition) is 1. The first-order valence-corrected chi connectivity index (χ1v) is 4.79. The van der Waals surface area contributed by atoms with Crippen LogP contribution in [0, 0.1) is 6.92 Å². The van der Waals surface area contributed by atoms with Gasteiger partial charge in [-0.2, -0.15) is 13.2 Å². The minimum atomic E-state index is -4.62. The Balaban J connectivity index is 2.81. The molecule has 0 atom stereocenters. The van der Waals surface area contributed by atoms with Gasteiger partial charge in [-0.15, -0.1) is 0 Å². The van der Waals surface area contributed by atoms with Gasteiger partial charge in [0.2, 0.25) is 5.04 Å². The third kappa shape index (κ3) is 3.47. The van der Waals surface area contributed by atoms with Crippen molar-refractivity contribution in [3.05, 3.63) is 29.8 Å². The van der Waals surface area contributed by atoms with E-state index in [1.54, 1.807) is 12.1 Å². The van der Waals surface area contributed by atoms with Crippen molar-refractivity contribution in [2.45, 2.75) is 18.0 Å². The highest BCUT2D eigenvalue weighted by molar-refractivity contribution is 8.14. The van der Waals surface area contributed by atoms with Crippen molar-refractivity contribution >= 4 is 16.8 Å². The van der Waals surface area contributed by atoms with Crippen LogP contribution >= 0.6 is 11.8 Å². The lowest BCUT2D eigenvalue weighted by atomic mass is 10.2. The zero-order valence-corrected chi connectivity index (χ0v) is 8.56. The predicted molar refractivity (Wildman–Crippen MR) is 52.3 cm³/mol. The second-order valence-corrected chi connectivity index (χ2v) is 3.88. The van der Waals surface area contributed by atoms with Crippen LogP contribution in [0.3, 0.4) is 0 Å². The Morgan fingerprint density at radius 3 is 2.20 bits per heavy atom. The molecule has 0 amide bonds. The summed E-state index contributed by atoms with van der Waals surface area (Å²) in [6.07, 6.45) is -4.62. The predicted octanol–water partition coefficient (Wildman–Crippen LogP) is 3.44. The van der Waals surface area contributed by atoms with Crippen LogP contribution in [0.5, 0.6) is 0 Å². The maximum absolute atomic E-state index is 12.2. The Hall–Kier alpha value is -1.17. The molecule has 1 rings (SSSR count). The smallest absolute Gasteiger partial charge is 0.410 e. The minimum Gasteiger partial charge on any atom is -0.410 e. The number of rotatable bonds is 1. The molecule has 82 valence electrons. The molecule has 0 bridgehead atoms. The second kappa shape index (κ2) is 4.57. The fraction of sp³-hybridized carbons (Fsp3) is 0.222. The first kappa shape index (κ1) is 11.9. The van der Waals surface area contributed by atoms with Gasteiger partial charge in [0.05, 0.1) is 0 Å². The fourth-order valence-electron chi connectivity index (χ4n) is 0.853. The molecular weight excluding hydrogens is 227 g/mol. The number of oxime groups is 1. The summed E-state index contributed by atoms with van der Waals surface area (Å²) in [5.41, 5.74) is 0.953. The van der Waals surface area contributed by atoms with E-state index < -0.39 is 11.2 Å². The molecule has 0 aromatic heterocycles. The van der Waals surface area contributed by atoms with Crippen molar-refractivity contribution in [2.75, 3.05) is 0 Å². The van der Waals surface area contributed by atoms with Gasteiger partial charge in [-0.25, -0.2) is 0 Å². The molecule has 1 aromatic carbocycles. The van der Waals surface area contributed by atoms with Crippen LogP contribution in [0.4, 0.5) is 13.2 Å². The first-order valence-electron chi connectivity index (χ1n) is 3.97. The van der Waals surface area contributed by atoms with Gasteiger partial charge >= 0.3 is 6.18 Å². The molecule has 15 heavy (non-hydrogen) atoms. The molecule has 0 radical (unpaired) electrons. The average Bonchev–Trinajstić information content (AvgIpc) is 2.15. The van der Waals surface area contributed by atoms with E-state index in [9.17, 15) is 13.2 Å². The van der Waals surface area contributed by atoms with Crippen LogP contribution in [0.2, 0.25) is 0 Å². The number of nitrogens with zero attached hydrogens (tertiary/aromatic N) is 1. The van der Waals surface area contributed by atoms with Crippen molar-refractivity contribution < 1.29 is 18.4 Å². The molecule has 0 aliphatic carbocycles. The van der Waals surface area contributed by atoms with E-state index >= 15 is 0 Å². The summed E-state index contributed by atoms with van der Waals surface area (Å²) >= 11 is 0.379. The summed E-state index contributed by atoms with van der Waals surface area (Å²) < 4.78 is 36.5. The van der Waals surface area contributed by atoms with Gasteiger partial charge in [0.15, 0.2) is 0 Å². The summed E-state index contributed by atoms with van der Waals surface area (Å²) in [6.45, 7) is 1.83. The Morgan fingerprint density at radius 2 is 1.80 bits per heavy atom. The highest BCUT2D eigenvalue weighted by Crippen LogP contribution is 2.30. The summed E-state index contributed by atoms with van der Waals surface area (Å²) in [5, 5.41) is 9.18. The first-order chi connectivity index (χ1) is 6.93. The van der Waals surface area contributed by atoms with E-state index in [0.717, 1.165) is 5.56 Å². The Labute approximate surface area is 88.8 Å². The molecule has 0 aliphatic rings. The Bertz CT molecular complexity index is 359. The number of halogens is 3. The van der Waals surface area contributed by atoms with Gasteiger partial charge in [-0.05, 0) is 19.1 Å². The molecule has 6 heteroatoms.